The maximum Gasteiger partial charge on any atom is 0.336 e. The van der Waals surface area contributed by atoms with Crippen molar-refractivity contribution in [1.29, 1.82) is 0 Å². The molecule has 35 heavy (non-hydrogen) atoms. The van der Waals surface area contributed by atoms with Crippen molar-refractivity contribution in [3.05, 3.63) is 44.1 Å². The molecule has 0 amide bonds. The van der Waals surface area contributed by atoms with Crippen LogP contribution in [0.4, 0.5) is 0 Å². The molecule has 2 N–H and O–H groups in total. The molecular formula is C23H33N3O9. The van der Waals surface area contributed by atoms with E-state index < -0.39 is 66.2 Å². The van der Waals surface area contributed by atoms with Gasteiger partial charge in [-0.3, -0.25) is 9.59 Å². The second-order valence-electron chi connectivity index (χ2n) is 9.28. The number of allylic oxidation sites excluding steroid dienone is 1. The highest BCUT2D eigenvalue weighted by Crippen LogP contribution is 2.53. The van der Waals surface area contributed by atoms with Crippen molar-refractivity contribution < 1.29 is 29.3 Å². The third kappa shape index (κ3) is 5.48. The minimum absolute atomic E-state index is 0.00116. The molecule has 1 aromatic heterocycles. The Balaban J connectivity index is 1.66. The molecule has 2 fully saturated rings. The van der Waals surface area contributed by atoms with E-state index in [0.29, 0.717) is 17.4 Å². The molecule has 2 bridgehead atoms. The van der Waals surface area contributed by atoms with Crippen LogP contribution in [0.2, 0.25) is 0 Å². The van der Waals surface area contributed by atoms with Crippen LogP contribution in [0.25, 0.3) is 0 Å². The Kier molecular flexibility index (Phi) is 8.49. The number of carbonyl (C=O) groups is 2. The van der Waals surface area contributed by atoms with Gasteiger partial charge in [0.2, 0.25) is 0 Å². The first-order valence-electron chi connectivity index (χ1n) is 11.8. The molecule has 0 saturated heterocycles. The summed E-state index contributed by atoms with van der Waals surface area (Å²) in [4.78, 5) is 62.6. The van der Waals surface area contributed by atoms with E-state index in [2.05, 4.69) is 6.58 Å². The molecule has 0 radical (unpaired) electrons. The zero-order valence-corrected chi connectivity index (χ0v) is 20.0. The second-order valence-corrected chi connectivity index (χ2v) is 9.28. The van der Waals surface area contributed by atoms with Gasteiger partial charge in [-0.25, -0.2) is 28.1 Å². The zero-order valence-electron chi connectivity index (χ0n) is 20.0. The number of hydrogen-bond donors (Lipinski definition) is 2. The van der Waals surface area contributed by atoms with E-state index in [1.54, 1.807) is 6.92 Å². The highest BCUT2D eigenvalue weighted by Gasteiger charge is 2.55. The van der Waals surface area contributed by atoms with Crippen LogP contribution in [0.15, 0.2) is 27.0 Å². The summed E-state index contributed by atoms with van der Waals surface area (Å²) in [5.74, 6) is -2.59. The summed E-state index contributed by atoms with van der Waals surface area (Å²) in [7, 11) is 1.21. The second kappa shape index (κ2) is 11.2. The number of rotatable bonds is 11. The van der Waals surface area contributed by atoms with Crippen molar-refractivity contribution in [1.82, 2.24) is 13.7 Å². The van der Waals surface area contributed by atoms with Crippen molar-refractivity contribution in [2.45, 2.75) is 57.9 Å². The molecule has 12 heteroatoms. The van der Waals surface area contributed by atoms with Gasteiger partial charge in [0.25, 0.3) is 0 Å². The standard InChI is InChI=1S/C23H33N3O9/c1-4-8-25-21(31)24(3)22(32)26(23(25)33)10-16(28)12-35-20(30)18-14-7-6-13(9-14)17(18)19(29)34-11-15(27)5-2/h4,13-18,27-28H,1,5-12H2,2-3H3. The lowest BCUT2D eigenvalue weighted by Gasteiger charge is -2.28. The molecule has 6 atom stereocenters. The molecule has 2 saturated carbocycles. The molecule has 0 aromatic carbocycles. The number of aliphatic hydroxyl groups excluding tert-OH is 2. The van der Waals surface area contributed by atoms with Gasteiger partial charge in [-0.1, -0.05) is 13.0 Å². The summed E-state index contributed by atoms with van der Waals surface area (Å²) in [6.07, 6.45) is 1.89. The monoisotopic (exact) mass is 495 g/mol. The number of hydrogen-bond acceptors (Lipinski definition) is 9. The van der Waals surface area contributed by atoms with Gasteiger partial charge in [-0.05, 0) is 37.5 Å². The molecule has 6 unspecified atom stereocenters. The topological polar surface area (TPSA) is 159 Å². The molecule has 194 valence electrons. The lowest BCUT2D eigenvalue weighted by molar-refractivity contribution is -0.166. The Morgan fingerprint density at radius 3 is 2.00 bits per heavy atom. The van der Waals surface area contributed by atoms with Gasteiger partial charge in [0.1, 0.15) is 19.3 Å². The molecule has 0 spiro atoms. The number of carbonyl (C=O) groups excluding carboxylic acids is 2. The summed E-state index contributed by atoms with van der Waals surface area (Å²) < 4.78 is 12.8. The maximum atomic E-state index is 12.9. The van der Waals surface area contributed by atoms with E-state index in [1.807, 2.05) is 0 Å². The van der Waals surface area contributed by atoms with Crippen LogP contribution in [0.5, 0.6) is 0 Å². The lowest BCUT2D eigenvalue weighted by Crippen LogP contribution is -2.54. The highest BCUT2D eigenvalue weighted by atomic mass is 16.6. The Bertz CT molecular complexity index is 1130. The fourth-order valence-corrected chi connectivity index (χ4v) is 5.09. The minimum atomic E-state index is -1.40. The van der Waals surface area contributed by atoms with Crippen LogP contribution in [0.3, 0.4) is 0 Å². The van der Waals surface area contributed by atoms with E-state index in [1.165, 1.54) is 13.1 Å². The summed E-state index contributed by atoms with van der Waals surface area (Å²) in [5.41, 5.74) is -2.62. The SMILES string of the molecule is C=CCn1c(=O)n(C)c(=O)n(CC(O)COC(=O)C2C3CCC(C3)C2C(=O)OCC(O)CC)c1=O. The van der Waals surface area contributed by atoms with E-state index in [0.717, 1.165) is 22.0 Å². The van der Waals surface area contributed by atoms with E-state index in [4.69, 9.17) is 9.47 Å². The van der Waals surface area contributed by atoms with Crippen molar-refractivity contribution in [2.75, 3.05) is 13.2 Å². The summed E-state index contributed by atoms with van der Waals surface area (Å²) in [6.45, 7) is 3.99. The van der Waals surface area contributed by atoms with Crippen LogP contribution >= 0.6 is 0 Å². The third-order valence-electron chi connectivity index (χ3n) is 6.97. The van der Waals surface area contributed by atoms with E-state index in [9.17, 15) is 34.2 Å². The molecule has 0 aliphatic heterocycles. The fourth-order valence-electron chi connectivity index (χ4n) is 5.09. The molecule has 1 aromatic rings. The minimum Gasteiger partial charge on any atom is -0.463 e. The third-order valence-corrected chi connectivity index (χ3v) is 6.97. The van der Waals surface area contributed by atoms with Crippen LogP contribution in [0.1, 0.15) is 32.6 Å². The number of aromatic nitrogens is 3. The average molecular weight is 496 g/mol. The van der Waals surface area contributed by atoms with Gasteiger partial charge in [0, 0.05) is 7.05 Å². The van der Waals surface area contributed by atoms with Crippen LogP contribution in [-0.2, 0) is 39.2 Å². The number of nitrogens with zero attached hydrogens (tertiary/aromatic N) is 3. The van der Waals surface area contributed by atoms with Crippen LogP contribution in [0, 0.1) is 23.7 Å². The Hall–Kier alpha value is -2.99. The van der Waals surface area contributed by atoms with Gasteiger partial charge in [0.15, 0.2) is 0 Å². The Labute approximate surface area is 201 Å². The zero-order chi connectivity index (χ0) is 25.9. The predicted molar refractivity (Wildman–Crippen MR) is 122 cm³/mol. The summed E-state index contributed by atoms with van der Waals surface area (Å²) in [6, 6.07) is 0. The number of ether oxygens (including phenoxy) is 2. The molecule has 12 nitrogen and oxygen atoms in total. The van der Waals surface area contributed by atoms with Gasteiger partial charge in [-0.15, -0.1) is 6.58 Å². The quantitative estimate of drug-likeness (QED) is 0.283. The van der Waals surface area contributed by atoms with Gasteiger partial charge in [0.05, 0.1) is 31.0 Å². The van der Waals surface area contributed by atoms with E-state index in [-0.39, 0.29) is 25.0 Å². The first kappa shape index (κ1) is 26.6. The van der Waals surface area contributed by atoms with Crippen molar-refractivity contribution in [2.24, 2.45) is 30.7 Å². The molecule has 2 aliphatic carbocycles. The largest absolute Gasteiger partial charge is 0.463 e. The normalized spacial score (nSPS) is 24.7. The number of fused-ring (bicyclic) bond motifs is 2. The number of esters is 2. The molecular weight excluding hydrogens is 462 g/mol. The summed E-state index contributed by atoms with van der Waals surface area (Å²) >= 11 is 0. The van der Waals surface area contributed by atoms with Crippen LogP contribution in [-0.4, -0.2) is 61.3 Å². The first-order chi connectivity index (χ1) is 16.6. The van der Waals surface area contributed by atoms with Crippen molar-refractivity contribution in [3.63, 3.8) is 0 Å². The molecule has 3 rings (SSSR count). The molecule has 1 heterocycles. The van der Waals surface area contributed by atoms with Gasteiger partial charge >= 0.3 is 29.0 Å². The fraction of sp³-hybridized carbons (Fsp3) is 0.696. The van der Waals surface area contributed by atoms with Gasteiger partial charge < -0.3 is 19.7 Å². The number of aliphatic hydroxyl groups is 2. The smallest absolute Gasteiger partial charge is 0.336 e. The van der Waals surface area contributed by atoms with Crippen molar-refractivity contribution in [3.8, 4) is 0 Å². The average Bonchev–Trinajstić information content (AvgIpc) is 3.47. The Morgan fingerprint density at radius 2 is 1.49 bits per heavy atom. The van der Waals surface area contributed by atoms with E-state index >= 15 is 0 Å². The predicted octanol–water partition coefficient (Wildman–Crippen LogP) is -1.22. The molecule has 2 aliphatic rings. The first-order valence-corrected chi connectivity index (χ1v) is 11.8. The van der Waals surface area contributed by atoms with Crippen LogP contribution < -0.4 is 17.1 Å². The summed E-state index contributed by atoms with van der Waals surface area (Å²) in [5, 5.41) is 20.1. The van der Waals surface area contributed by atoms with Crippen molar-refractivity contribution >= 4 is 11.9 Å². The maximum absolute atomic E-state index is 12.9. The highest BCUT2D eigenvalue weighted by molar-refractivity contribution is 5.83. The Morgan fingerprint density at radius 1 is 0.971 bits per heavy atom. The lowest BCUT2D eigenvalue weighted by atomic mass is 9.79. The van der Waals surface area contributed by atoms with Gasteiger partial charge in [-0.2, -0.15) is 0 Å².